The molecule has 36 heavy (non-hydrogen) atoms. The Hall–Kier alpha value is -4.27. The predicted molar refractivity (Wildman–Crippen MR) is 132 cm³/mol. The van der Waals surface area contributed by atoms with E-state index in [-0.39, 0.29) is 30.7 Å². The number of nitrogens with zero attached hydrogens (tertiary/aromatic N) is 4. The molecule has 3 heterocycles. The first-order chi connectivity index (χ1) is 17.3. The van der Waals surface area contributed by atoms with Gasteiger partial charge in [0.05, 0.1) is 12.8 Å². The van der Waals surface area contributed by atoms with Gasteiger partial charge in [0.25, 0.3) is 5.95 Å². The first-order valence-corrected chi connectivity index (χ1v) is 11.6. The second-order valence-electron chi connectivity index (χ2n) is 8.81. The highest BCUT2D eigenvalue weighted by atomic mass is 19.1. The fourth-order valence-corrected chi connectivity index (χ4v) is 4.57. The van der Waals surface area contributed by atoms with E-state index in [1.54, 1.807) is 36.1 Å². The van der Waals surface area contributed by atoms with Crippen molar-refractivity contribution in [2.45, 2.75) is 39.7 Å². The second kappa shape index (κ2) is 9.41. The van der Waals surface area contributed by atoms with E-state index in [1.165, 1.54) is 6.07 Å². The number of anilines is 1. The Morgan fingerprint density at radius 2 is 1.81 bits per heavy atom. The Morgan fingerprint density at radius 1 is 1.06 bits per heavy atom. The van der Waals surface area contributed by atoms with E-state index in [0.29, 0.717) is 28.8 Å². The number of aromatic nitrogens is 4. The van der Waals surface area contributed by atoms with Crippen LogP contribution < -0.4 is 14.8 Å². The molecule has 2 aromatic heterocycles. The average molecular weight is 488 g/mol. The third kappa shape index (κ3) is 4.39. The maximum Gasteiger partial charge on any atom is 0.252 e. The molecule has 0 saturated carbocycles. The Labute approximate surface area is 208 Å². The first kappa shape index (κ1) is 23.5. The third-order valence-electron chi connectivity index (χ3n) is 6.19. The van der Waals surface area contributed by atoms with Crippen LogP contribution in [0.2, 0.25) is 0 Å². The fraction of sp³-hybridized carbons (Fsp3) is 0.259. The molecule has 8 nitrogen and oxygen atoms in total. The van der Waals surface area contributed by atoms with Crippen molar-refractivity contribution in [2.75, 3.05) is 12.4 Å². The SMILES string of the molecule is COc1cc([C@@H]2CC(=O)Nc3c2c(C)nn3-c2nc(C)cc(C)n2)ccc1OCc1ccccc1F. The predicted octanol–water partition coefficient (Wildman–Crippen LogP) is 4.79. The molecule has 4 aromatic rings. The Morgan fingerprint density at radius 3 is 2.53 bits per heavy atom. The minimum Gasteiger partial charge on any atom is -0.493 e. The van der Waals surface area contributed by atoms with Crippen molar-refractivity contribution in [3.63, 3.8) is 0 Å². The molecular weight excluding hydrogens is 461 g/mol. The van der Waals surface area contributed by atoms with E-state index < -0.39 is 0 Å². The highest BCUT2D eigenvalue weighted by Gasteiger charge is 2.33. The van der Waals surface area contributed by atoms with Crippen LogP contribution in [0, 0.1) is 26.6 Å². The lowest BCUT2D eigenvalue weighted by atomic mass is 9.85. The average Bonchev–Trinajstić information content (AvgIpc) is 3.18. The lowest BCUT2D eigenvalue weighted by Gasteiger charge is -2.25. The molecule has 1 aliphatic rings. The van der Waals surface area contributed by atoms with Gasteiger partial charge in [-0.2, -0.15) is 9.78 Å². The van der Waals surface area contributed by atoms with Crippen LogP contribution in [0.25, 0.3) is 5.95 Å². The minimum atomic E-state index is -0.325. The summed E-state index contributed by atoms with van der Waals surface area (Å²) in [6.07, 6.45) is 0.256. The maximum absolute atomic E-state index is 14.0. The van der Waals surface area contributed by atoms with Crippen LogP contribution in [-0.4, -0.2) is 32.8 Å². The summed E-state index contributed by atoms with van der Waals surface area (Å²) >= 11 is 0. The van der Waals surface area contributed by atoms with Crippen molar-refractivity contribution >= 4 is 11.7 Å². The molecule has 0 fully saturated rings. The largest absolute Gasteiger partial charge is 0.493 e. The molecule has 2 aromatic carbocycles. The summed E-state index contributed by atoms with van der Waals surface area (Å²) in [4.78, 5) is 21.8. The minimum absolute atomic E-state index is 0.0696. The molecule has 5 rings (SSSR count). The summed E-state index contributed by atoms with van der Waals surface area (Å²) in [6.45, 7) is 5.76. The van der Waals surface area contributed by atoms with Gasteiger partial charge in [-0.05, 0) is 50.6 Å². The van der Waals surface area contributed by atoms with Crippen molar-refractivity contribution in [1.82, 2.24) is 19.7 Å². The molecule has 0 saturated heterocycles. The molecule has 0 bridgehead atoms. The van der Waals surface area contributed by atoms with E-state index in [0.717, 1.165) is 28.2 Å². The number of hydrogen-bond acceptors (Lipinski definition) is 6. The Kier molecular flexibility index (Phi) is 6.13. The standard InChI is InChI=1S/C27H26FN5O3/c1-15-11-16(2)30-27(29-15)33-26-25(17(3)32-33)20(13-24(34)31-26)18-9-10-22(23(12-18)35-4)36-14-19-7-5-6-8-21(19)28/h5-12,20H,13-14H2,1-4H3,(H,31,34)/t20-/m0/s1. The van der Waals surface area contributed by atoms with Gasteiger partial charge in [0.1, 0.15) is 18.2 Å². The Balaban J connectivity index is 1.50. The van der Waals surface area contributed by atoms with Gasteiger partial charge in [-0.15, -0.1) is 0 Å². The zero-order valence-electron chi connectivity index (χ0n) is 20.5. The molecular formula is C27H26FN5O3. The topological polar surface area (TPSA) is 91.2 Å². The van der Waals surface area contributed by atoms with Crippen molar-refractivity contribution < 1.29 is 18.7 Å². The summed E-state index contributed by atoms with van der Waals surface area (Å²) in [5, 5.41) is 7.63. The lowest BCUT2D eigenvalue weighted by Crippen LogP contribution is -2.25. The molecule has 1 aliphatic heterocycles. The quantitative estimate of drug-likeness (QED) is 0.421. The summed E-state index contributed by atoms with van der Waals surface area (Å²) in [5.41, 5.74) is 4.64. The number of benzene rings is 2. The summed E-state index contributed by atoms with van der Waals surface area (Å²) in [5.74, 6) is 1.26. The van der Waals surface area contributed by atoms with E-state index in [4.69, 9.17) is 9.47 Å². The number of carbonyl (C=O) groups is 1. The number of hydrogen-bond donors (Lipinski definition) is 1. The molecule has 1 N–H and O–H groups in total. The van der Waals surface area contributed by atoms with Crippen LogP contribution >= 0.6 is 0 Å². The normalized spacial score (nSPS) is 14.8. The third-order valence-corrected chi connectivity index (χ3v) is 6.19. The Bertz CT molecular complexity index is 1450. The molecule has 1 atom stereocenters. The van der Waals surface area contributed by atoms with E-state index in [1.807, 2.05) is 39.0 Å². The van der Waals surface area contributed by atoms with Crippen LogP contribution in [-0.2, 0) is 11.4 Å². The van der Waals surface area contributed by atoms with E-state index >= 15 is 0 Å². The highest BCUT2D eigenvalue weighted by molar-refractivity contribution is 5.95. The number of aryl methyl sites for hydroxylation is 3. The number of halogens is 1. The zero-order valence-corrected chi connectivity index (χ0v) is 20.5. The van der Waals surface area contributed by atoms with Crippen LogP contribution in [0.5, 0.6) is 11.5 Å². The van der Waals surface area contributed by atoms with Crippen LogP contribution in [0.3, 0.4) is 0 Å². The number of methoxy groups -OCH3 is 1. The molecule has 0 radical (unpaired) electrons. The second-order valence-corrected chi connectivity index (χ2v) is 8.81. The summed E-state index contributed by atoms with van der Waals surface area (Å²) in [7, 11) is 1.55. The maximum atomic E-state index is 14.0. The van der Waals surface area contributed by atoms with Gasteiger partial charge < -0.3 is 14.8 Å². The van der Waals surface area contributed by atoms with Gasteiger partial charge in [-0.25, -0.2) is 14.4 Å². The van der Waals surface area contributed by atoms with Gasteiger partial charge in [-0.3, -0.25) is 4.79 Å². The number of nitrogens with one attached hydrogen (secondary N) is 1. The van der Waals surface area contributed by atoms with Crippen molar-refractivity contribution in [2.24, 2.45) is 0 Å². The van der Waals surface area contributed by atoms with Crippen LogP contribution in [0.4, 0.5) is 10.2 Å². The zero-order chi connectivity index (χ0) is 25.4. The highest BCUT2D eigenvalue weighted by Crippen LogP contribution is 2.42. The van der Waals surface area contributed by atoms with Gasteiger partial charge in [0.15, 0.2) is 11.5 Å². The van der Waals surface area contributed by atoms with Crippen molar-refractivity contribution in [3.8, 4) is 17.4 Å². The van der Waals surface area contributed by atoms with Gasteiger partial charge in [-0.1, -0.05) is 24.3 Å². The smallest absolute Gasteiger partial charge is 0.252 e. The summed E-state index contributed by atoms with van der Waals surface area (Å²) < 4.78 is 27.0. The summed E-state index contributed by atoms with van der Waals surface area (Å²) in [6, 6.07) is 13.9. The number of rotatable bonds is 6. The number of amides is 1. The molecule has 184 valence electrons. The van der Waals surface area contributed by atoms with Crippen LogP contribution in [0.1, 0.15) is 46.1 Å². The first-order valence-electron chi connectivity index (χ1n) is 11.6. The number of carbonyl (C=O) groups excluding carboxylic acids is 1. The molecule has 0 spiro atoms. The molecule has 0 aliphatic carbocycles. The number of ether oxygens (including phenoxy) is 2. The fourth-order valence-electron chi connectivity index (χ4n) is 4.57. The van der Waals surface area contributed by atoms with Gasteiger partial charge >= 0.3 is 0 Å². The van der Waals surface area contributed by atoms with Gasteiger partial charge in [0, 0.05) is 34.9 Å². The van der Waals surface area contributed by atoms with Crippen molar-refractivity contribution in [3.05, 3.63) is 88.1 Å². The lowest BCUT2D eigenvalue weighted by molar-refractivity contribution is -0.116. The number of fused-ring (bicyclic) bond motifs is 1. The molecule has 9 heteroatoms. The molecule has 0 unspecified atom stereocenters. The monoisotopic (exact) mass is 487 g/mol. The van der Waals surface area contributed by atoms with Crippen molar-refractivity contribution in [1.29, 1.82) is 0 Å². The van der Waals surface area contributed by atoms with E-state index in [2.05, 4.69) is 20.4 Å². The van der Waals surface area contributed by atoms with Crippen LogP contribution in [0.15, 0.2) is 48.5 Å². The van der Waals surface area contributed by atoms with Gasteiger partial charge in [0.2, 0.25) is 5.91 Å². The molecule has 1 amide bonds. The van der Waals surface area contributed by atoms with E-state index in [9.17, 15) is 9.18 Å².